The van der Waals surface area contributed by atoms with Gasteiger partial charge in [0.25, 0.3) is 5.56 Å². The lowest BCUT2D eigenvalue weighted by Gasteiger charge is -2.00. The van der Waals surface area contributed by atoms with E-state index >= 15 is 0 Å². The Morgan fingerprint density at radius 2 is 2.36 bits per heavy atom. The second-order valence-electron chi connectivity index (χ2n) is 2.24. The van der Waals surface area contributed by atoms with Crippen molar-refractivity contribution in [2.45, 2.75) is 6.54 Å². The van der Waals surface area contributed by atoms with E-state index in [1.807, 2.05) is 0 Å². The lowest BCUT2D eigenvalue weighted by atomic mass is 10.4. The van der Waals surface area contributed by atoms with Crippen molar-refractivity contribution in [3.8, 4) is 0 Å². The molecule has 0 unspecified atom stereocenters. The average molecular weight is 150 g/mol. The first-order valence-electron chi connectivity index (χ1n) is 3.31. The molecule has 2 N–H and O–H groups in total. The third-order valence-corrected chi connectivity index (χ3v) is 1.33. The van der Waals surface area contributed by atoms with Gasteiger partial charge in [-0.15, -0.1) is 6.58 Å². The molecule has 1 aromatic rings. The minimum Gasteiger partial charge on any atom is -0.398 e. The zero-order chi connectivity index (χ0) is 8.27. The highest BCUT2D eigenvalue weighted by molar-refractivity contribution is 5.33. The van der Waals surface area contributed by atoms with Gasteiger partial charge >= 0.3 is 0 Å². The van der Waals surface area contributed by atoms with Crippen LogP contribution in [-0.2, 0) is 6.54 Å². The van der Waals surface area contributed by atoms with E-state index in [9.17, 15) is 4.79 Å². The highest BCUT2D eigenvalue weighted by atomic mass is 16.1. The van der Waals surface area contributed by atoms with Crippen molar-refractivity contribution in [1.82, 2.24) is 4.57 Å². The molecule has 0 fully saturated rings. The van der Waals surface area contributed by atoms with Crippen molar-refractivity contribution in [3.63, 3.8) is 0 Å². The maximum Gasteiger partial charge on any atom is 0.250 e. The summed E-state index contributed by atoms with van der Waals surface area (Å²) in [4.78, 5) is 11.0. The molecule has 0 aliphatic heterocycles. The summed E-state index contributed by atoms with van der Waals surface area (Å²) >= 11 is 0. The molecule has 0 saturated carbocycles. The SMILES string of the molecule is C=CCn1cc(N)ccc1=O. The highest BCUT2D eigenvalue weighted by Crippen LogP contribution is 1.94. The molecule has 0 aromatic carbocycles. The van der Waals surface area contributed by atoms with Crippen LogP contribution in [-0.4, -0.2) is 4.57 Å². The third-order valence-electron chi connectivity index (χ3n) is 1.33. The number of rotatable bonds is 2. The fourth-order valence-corrected chi connectivity index (χ4v) is 0.832. The fourth-order valence-electron chi connectivity index (χ4n) is 0.832. The lowest BCUT2D eigenvalue weighted by molar-refractivity contribution is 0.782. The number of hydrogen-bond donors (Lipinski definition) is 1. The molecule has 0 bridgehead atoms. The summed E-state index contributed by atoms with van der Waals surface area (Å²) in [5, 5.41) is 0. The summed E-state index contributed by atoms with van der Waals surface area (Å²) in [6.07, 6.45) is 3.25. The van der Waals surface area contributed by atoms with Crippen molar-refractivity contribution in [3.05, 3.63) is 41.3 Å². The summed E-state index contributed by atoms with van der Waals surface area (Å²) in [7, 11) is 0. The fraction of sp³-hybridized carbons (Fsp3) is 0.125. The Labute approximate surface area is 64.8 Å². The van der Waals surface area contributed by atoms with Gasteiger partial charge in [0.2, 0.25) is 0 Å². The van der Waals surface area contributed by atoms with E-state index in [1.54, 1.807) is 18.3 Å². The molecule has 0 aliphatic carbocycles. The monoisotopic (exact) mass is 150 g/mol. The molecule has 1 heterocycles. The maximum absolute atomic E-state index is 11.0. The normalized spacial score (nSPS) is 9.45. The number of nitrogen functional groups attached to an aromatic ring is 1. The summed E-state index contributed by atoms with van der Waals surface area (Å²) in [5.41, 5.74) is 6.00. The average Bonchev–Trinajstić information content (AvgIpc) is 1.98. The molecule has 3 nitrogen and oxygen atoms in total. The predicted octanol–water partition coefficient (Wildman–Crippen LogP) is 0.617. The largest absolute Gasteiger partial charge is 0.398 e. The van der Waals surface area contributed by atoms with Crippen molar-refractivity contribution in [1.29, 1.82) is 0 Å². The first-order chi connectivity index (χ1) is 5.24. The number of pyridine rings is 1. The zero-order valence-corrected chi connectivity index (χ0v) is 6.16. The topological polar surface area (TPSA) is 48.0 Å². The first-order valence-corrected chi connectivity index (χ1v) is 3.31. The summed E-state index contributed by atoms with van der Waals surface area (Å²) in [6, 6.07) is 3.03. The molecular weight excluding hydrogens is 140 g/mol. The summed E-state index contributed by atoms with van der Waals surface area (Å²) in [6.45, 7) is 4.03. The molecule has 1 aromatic heterocycles. The summed E-state index contributed by atoms with van der Waals surface area (Å²) < 4.78 is 1.50. The van der Waals surface area contributed by atoms with Crippen LogP contribution in [0.2, 0.25) is 0 Å². The number of allylic oxidation sites excluding steroid dienone is 1. The van der Waals surface area contributed by atoms with E-state index in [4.69, 9.17) is 5.73 Å². The van der Waals surface area contributed by atoms with Crippen LogP contribution in [0.3, 0.4) is 0 Å². The maximum atomic E-state index is 11.0. The Morgan fingerprint density at radius 1 is 1.64 bits per heavy atom. The number of aromatic nitrogens is 1. The highest BCUT2D eigenvalue weighted by Gasteiger charge is 1.91. The molecule has 1 rings (SSSR count). The Bertz CT molecular complexity index is 314. The molecule has 3 heteroatoms. The minimum atomic E-state index is -0.0564. The second kappa shape index (κ2) is 3.05. The molecule has 11 heavy (non-hydrogen) atoms. The van der Waals surface area contributed by atoms with E-state index in [0.717, 1.165) is 0 Å². The van der Waals surface area contributed by atoms with Crippen molar-refractivity contribution in [2.75, 3.05) is 5.73 Å². The Kier molecular flexibility index (Phi) is 2.11. The Hall–Kier alpha value is -1.51. The van der Waals surface area contributed by atoms with Gasteiger partial charge in [0.1, 0.15) is 0 Å². The van der Waals surface area contributed by atoms with E-state index < -0.39 is 0 Å². The molecule has 0 radical (unpaired) electrons. The number of nitrogens with two attached hydrogens (primary N) is 1. The third kappa shape index (κ3) is 1.70. The zero-order valence-electron chi connectivity index (χ0n) is 6.16. The second-order valence-corrected chi connectivity index (χ2v) is 2.24. The summed E-state index contributed by atoms with van der Waals surface area (Å²) in [5.74, 6) is 0. The lowest BCUT2D eigenvalue weighted by Crippen LogP contribution is -2.17. The van der Waals surface area contributed by atoms with Gasteiger partial charge < -0.3 is 10.3 Å². The Morgan fingerprint density at radius 3 is 3.00 bits per heavy atom. The number of nitrogens with zero attached hydrogens (tertiary/aromatic N) is 1. The predicted molar refractivity (Wildman–Crippen MR) is 45.3 cm³/mol. The van der Waals surface area contributed by atoms with Crippen LogP contribution in [0.25, 0.3) is 0 Å². The molecule has 0 atom stereocenters. The van der Waals surface area contributed by atoms with Crippen molar-refractivity contribution in [2.24, 2.45) is 0 Å². The number of hydrogen-bond acceptors (Lipinski definition) is 2. The molecule has 58 valence electrons. The van der Waals surface area contributed by atoms with Crippen LogP contribution in [0.1, 0.15) is 0 Å². The van der Waals surface area contributed by atoms with Gasteiger partial charge in [-0.2, -0.15) is 0 Å². The quantitative estimate of drug-likeness (QED) is 0.628. The van der Waals surface area contributed by atoms with Gasteiger partial charge in [0.15, 0.2) is 0 Å². The van der Waals surface area contributed by atoms with Crippen molar-refractivity contribution >= 4 is 5.69 Å². The van der Waals surface area contributed by atoms with E-state index in [-0.39, 0.29) is 5.56 Å². The smallest absolute Gasteiger partial charge is 0.250 e. The first kappa shape index (κ1) is 7.60. The molecule has 0 aliphatic rings. The number of anilines is 1. The van der Waals surface area contributed by atoms with Gasteiger partial charge in [-0.25, -0.2) is 0 Å². The van der Waals surface area contributed by atoms with Gasteiger partial charge in [-0.3, -0.25) is 4.79 Å². The van der Waals surface area contributed by atoms with Crippen LogP contribution in [0.15, 0.2) is 35.8 Å². The molecule has 0 amide bonds. The van der Waals surface area contributed by atoms with Crippen LogP contribution in [0.5, 0.6) is 0 Å². The minimum absolute atomic E-state index is 0.0564. The van der Waals surface area contributed by atoms with Gasteiger partial charge in [-0.05, 0) is 6.07 Å². The van der Waals surface area contributed by atoms with E-state index in [2.05, 4.69) is 6.58 Å². The van der Waals surface area contributed by atoms with Crippen LogP contribution < -0.4 is 11.3 Å². The van der Waals surface area contributed by atoms with Gasteiger partial charge in [-0.1, -0.05) is 6.08 Å². The van der Waals surface area contributed by atoms with Crippen LogP contribution in [0, 0.1) is 0 Å². The van der Waals surface area contributed by atoms with Crippen LogP contribution >= 0.6 is 0 Å². The van der Waals surface area contributed by atoms with E-state index in [0.29, 0.717) is 12.2 Å². The van der Waals surface area contributed by atoms with Gasteiger partial charge in [0, 0.05) is 24.5 Å². The molecule has 0 spiro atoms. The Balaban J connectivity index is 3.12. The standard InChI is InChI=1S/C8H10N2O/c1-2-5-10-6-7(9)3-4-8(10)11/h2-4,6H,1,5,9H2. The van der Waals surface area contributed by atoms with Crippen molar-refractivity contribution < 1.29 is 0 Å². The van der Waals surface area contributed by atoms with Gasteiger partial charge in [0.05, 0.1) is 0 Å². The van der Waals surface area contributed by atoms with E-state index in [1.165, 1.54) is 10.6 Å². The molecular formula is C8H10N2O. The van der Waals surface area contributed by atoms with Crippen LogP contribution in [0.4, 0.5) is 5.69 Å². The molecule has 0 saturated heterocycles.